The van der Waals surface area contributed by atoms with Crippen molar-refractivity contribution in [3.05, 3.63) is 41.6 Å². The Morgan fingerprint density at radius 2 is 1.70 bits per heavy atom. The monoisotopic (exact) mass is 403 g/mol. The van der Waals surface area contributed by atoms with E-state index in [1.54, 1.807) is 13.0 Å². The fourth-order valence-corrected chi connectivity index (χ4v) is 3.22. The Bertz CT molecular complexity index is 871. The van der Waals surface area contributed by atoms with E-state index in [-0.39, 0.29) is 18.0 Å². The van der Waals surface area contributed by atoms with E-state index in [1.807, 2.05) is 6.92 Å². The number of nitrogens with zero attached hydrogens (tertiary/aromatic N) is 2. The van der Waals surface area contributed by atoms with Gasteiger partial charge in [-0.1, -0.05) is 0 Å². The molecule has 2 rings (SSSR count). The lowest BCUT2D eigenvalue weighted by molar-refractivity contribution is -0.137. The van der Waals surface area contributed by atoms with Crippen LogP contribution in [0.5, 0.6) is 0 Å². The molecule has 27 heavy (non-hydrogen) atoms. The minimum atomic E-state index is -4.51. The van der Waals surface area contributed by atoms with Gasteiger partial charge in [-0.2, -0.15) is 18.2 Å². The molecule has 0 amide bonds. The molecule has 0 bridgehead atoms. The summed E-state index contributed by atoms with van der Waals surface area (Å²) in [5.74, 6) is 0.998. The topological polar surface area (TPSA) is 96.0 Å². The van der Waals surface area contributed by atoms with Crippen LogP contribution in [0.3, 0.4) is 0 Å². The number of aryl methyl sites for hydroxylation is 1. The second-order valence-corrected chi connectivity index (χ2v) is 7.36. The molecular formula is C16H20F3N5O2S. The molecule has 1 heterocycles. The Kier molecular flexibility index (Phi) is 6.60. The molecule has 2 aromatic rings. The second kappa shape index (κ2) is 8.53. The van der Waals surface area contributed by atoms with Crippen LogP contribution in [0.15, 0.2) is 35.2 Å². The van der Waals surface area contributed by atoms with Crippen LogP contribution < -0.4 is 15.4 Å². The third kappa shape index (κ3) is 6.07. The molecule has 0 radical (unpaired) electrons. The molecule has 1 aromatic carbocycles. The first-order valence-electron chi connectivity index (χ1n) is 8.12. The lowest BCUT2D eigenvalue weighted by atomic mass is 10.2. The van der Waals surface area contributed by atoms with E-state index >= 15 is 0 Å². The Balaban J connectivity index is 1.92. The largest absolute Gasteiger partial charge is 0.416 e. The van der Waals surface area contributed by atoms with Gasteiger partial charge in [-0.05, 0) is 38.1 Å². The van der Waals surface area contributed by atoms with Crippen LogP contribution in [0.2, 0.25) is 0 Å². The average molecular weight is 403 g/mol. The van der Waals surface area contributed by atoms with Crippen molar-refractivity contribution >= 4 is 21.8 Å². The standard InChI is InChI=1S/C16H20F3N5O2S/c1-3-20-14-10-11(2)23-15(24-14)21-8-9-22-27(25,26)13-6-4-12(5-7-13)16(17,18)19/h4-7,10,22H,3,8-9H2,1-2H3,(H2,20,21,23,24). The lowest BCUT2D eigenvalue weighted by Crippen LogP contribution is -2.29. The van der Waals surface area contributed by atoms with Crippen molar-refractivity contribution in [2.75, 3.05) is 30.3 Å². The maximum absolute atomic E-state index is 12.5. The normalized spacial score (nSPS) is 12.0. The van der Waals surface area contributed by atoms with Gasteiger partial charge >= 0.3 is 6.18 Å². The number of nitrogens with one attached hydrogen (secondary N) is 3. The number of halogens is 3. The zero-order chi connectivity index (χ0) is 20.1. The molecule has 0 atom stereocenters. The van der Waals surface area contributed by atoms with Crippen LogP contribution >= 0.6 is 0 Å². The smallest absolute Gasteiger partial charge is 0.370 e. The highest BCUT2D eigenvalue weighted by molar-refractivity contribution is 7.89. The van der Waals surface area contributed by atoms with E-state index in [0.717, 1.165) is 30.0 Å². The summed E-state index contributed by atoms with van der Waals surface area (Å²) < 4.78 is 64.2. The van der Waals surface area contributed by atoms with Crippen molar-refractivity contribution in [2.45, 2.75) is 24.9 Å². The SMILES string of the molecule is CCNc1cc(C)nc(NCCNS(=O)(=O)c2ccc(C(F)(F)F)cc2)n1. The van der Waals surface area contributed by atoms with Crippen molar-refractivity contribution < 1.29 is 21.6 Å². The molecule has 1 aromatic heterocycles. The van der Waals surface area contributed by atoms with Gasteiger partial charge in [0.2, 0.25) is 16.0 Å². The number of hydrogen-bond donors (Lipinski definition) is 3. The highest BCUT2D eigenvalue weighted by Gasteiger charge is 2.30. The summed E-state index contributed by atoms with van der Waals surface area (Å²) in [7, 11) is -3.91. The van der Waals surface area contributed by atoms with Gasteiger partial charge in [0.1, 0.15) is 5.82 Å². The molecule has 0 saturated carbocycles. The van der Waals surface area contributed by atoms with Crippen molar-refractivity contribution in [1.29, 1.82) is 0 Å². The summed E-state index contributed by atoms with van der Waals surface area (Å²) in [6.45, 7) is 4.65. The van der Waals surface area contributed by atoms with E-state index in [9.17, 15) is 21.6 Å². The summed E-state index contributed by atoms with van der Waals surface area (Å²) >= 11 is 0. The van der Waals surface area contributed by atoms with Gasteiger partial charge in [-0.25, -0.2) is 18.1 Å². The Morgan fingerprint density at radius 3 is 2.30 bits per heavy atom. The predicted molar refractivity (Wildman–Crippen MR) is 96.1 cm³/mol. The first-order valence-corrected chi connectivity index (χ1v) is 9.60. The molecule has 0 spiro atoms. The predicted octanol–water partition coefficient (Wildman–Crippen LogP) is 2.63. The first-order chi connectivity index (χ1) is 12.6. The number of rotatable bonds is 8. The highest BCUT2D eigenvalue weighted by atomic mass is 32.2. The lowest BCUT2D eigenvalue weighted by Gasteiger charge is -2.11. The number of alkyl halides is 3. The maximum atomic E-state index is 12.5. The quantitative estimate of drug-likeness (QED) is 0.587. The summed E-state index contributed by atoms with van der Waals surface area (Å²) in [6.07, 6.45) is -4.51. The molecular weight excluding hydrogens is 383 g/mol. The van der Waals surface area contributed by atoms with Crippen LogP contribution in [0.1, 0.15) is 18.2 Å². The molecule has 148 valence electrons. The minimum absolute atomic E-state index is 0.0111. The molecule has 3 N–H and O–H groups in total. The fourth-order valence-electron chi connectivity index (χ4n) is 2.19. The summed E-state index contributed by atoms with van der Waals surface area (Å²) in [4.78, 5) is 8.19. The molecule has 0 aliphatic rings. The van der Waals surface area contributed by atoms with E-state index in [4.69, 9.17) is 0 Å². The molecule has 0 aliphatic heterocycles. The van der Waals surface area contributed by atoms with Gasteiger partial charge in [0.25, 0.3) is 0 Å². The number of sulfonamides is 1. The van der Waals surface area contributed by atoms with Crippen LogP contribution in [-0.4, -0.2) is 38.0 Å². The van der Waals surface area contributed by atoms with E-state index in [0.29, 0.717) is 18.3 Å². The molecule has 0 aliphatic carbocycles. The van der Waals surface area contributed by atoms with E-state index < -0.39 is 21.8 Å². The Hall–Kier alpha value is -2.40. The minimum Gasteiger partial charge on any atom is -0.370 e. The van der Waals surface area contributed by atoms with Crippen LogP contribution in [0.25, 0.3) is 0 Å². The third-order valence-electron chi connectivity index (χ3n) is 3.40. The molecule has 0 saturated heterocycles. The van der Waals surface area contributed by atoms with Crippen molar-refractivity contribution in [3.8, 4) is 0 Å². The van der Waals surface area contributed by atoms with Crippen LogP contribution in [0.4, 0.5) is 24.9 Å². The third-order valence-corrected chi connectivity index (χ3v) is 4.88. The Morgan fingerprint density at radius 1 is 1.04 bits per heavy atom. The number of hydrogen-bond acceptors (Lipinski definition) is 6. The maximum Gasteiger partial charge on any atom is 0.416 e. The van der Waals surface area contributed by atoms with Gasteiger partial charge < -0.3 is 10.6 Å². The average Bonchev–Trinajstić information content (AvgIpc) is 2.58. The first kappa shape index (κ1) is 20.9. The van der Waals surface area contributed by atoms with E-state index in [2.05, 4.69) is 25.3 Å². The van der Waals surface area contributed by atoms with Gasteiger partial charge in [-0.3, -0.25) is 0 Å². The van der Waals surface area contributed by atoms with Crippen LogP contribution in [-0.2, 0) is 16.2 Å². The van der Waals surface area contributed by atoms with Gasteiger partial charge in [-0.15, -0.1) is 0 Å². The molecule has 11 heteroatoms. The summed E-state index contributed by atoms with van der Waals surface area (Å²) in [6, 6.07) is 5.09. The Labute approximate surface area is 155 Å². The van der Waals surface area contributed by atoms with Gasteiger partial charge in [0, 0.05) is 31.4 Å². The molecule has 0 fully saturated rings. The number of aromatic nitrogens is 2. The van der Waals surface area contributed by atoms with Gasteiger partial charge in [0.05, 0.1) is 10.5 Å². The van der Waals surface area contributed by atoms with Crippen molar-refractivity contribution in [2.24, 2.45) is 0 Å². The van der Waals surface area contributed by atoms with Crippen molar-refractivity contribution in [1.82, 2.24) is 14.7 Å². The highest BCUT2D eigenvalue weighted by Crippen LogP contribution is 2.29. The molecule has 0 unspecified atom stereocenters. The van der Waals surface area contributed by atoms with Gasteiger partial charge in [0.15, 0.2) is 0 Å². The fraction of sp³-hybridized carbons (Fsp3) is 0.375. The number of benzene rings is 1. The second-order valence-electron chi connectivity index (χ2n) is 5.60. The van der Waals surface area contributed by atoms with Crippen molar-refractivity contribution in [3.63, 3.8) is 0 Å². The van der Waals surface area contributed by atoms with E-state index in [1.165, 1.54) is 0 Å². The summed E-state index contributed by atoms with van der Waals surface area (Å²) in [5, 5.41) is 5.96. The summed E-state index contributed by atoms with van der Waals surface area (Å²) in [5.41, 5.74) is -0.162. The number of anilines is 2. The zero-order valence-corrected chi connectivity index (χ0v) is 15.6. The molecule has 7 nitrogen and oxygen atoms in total. The van der Waals surface area contributed by atoms with Crippen LogP contribution in [0, 0.1) is 6.92 Å². The zero-order valence-electron chi connectivity index (χ0n) is 14.8.